The minimum Gasteiger partial charge on any atom is -0.476 e. The molecular weight excluding hydrogens is 200 g/mol. The first kappa shape index (κ1) is 11.4. The summed E-state index contributed by atoms with van der Waals surface area (Å²) in [5.41, 5.74) is 7.24. The fourth-order valence-corrected chi connectivity index (χ4v) is 2.23. The summed E-state index contributed by atoms with van der Waals surface area (Å²) in [5.74, 6) is 0.720. The molecule has 2 rings (SSSR count). The largest absolute Gasteiger partial charge is 0.476 e. The van der Waals surface area contributed by atoms with Crippen LogP contribution in [0.25, 0.3) is 0 Å². The van der Waals surface area contributed by atoms with Gasteiger partial charge in [-0.3, -0.25) is 0 Å². The molecule has 1 fully saturated rings. The highest BCUT2D eigenvalue weighted by Gasteiger charge is 2.28. The second-order valence-electron chi connectivity index (χ2n) is 4.84. The van der Waals surface area contributed by atoms with Gasteiger partial charge in [-0.1, -0.05) is 25.3 Å². The van der Waals surface area contributed by atoms with Crippen molar-refractivity contribution in [3.8, 4) is 5.88 Å². The lowest BCUT2D eigenvalue weighted by molar-refractivity contribution is 0.168. The van der Waals surface area contributed by atoms with Crippen molar-refractivity contribution in [1.82, 2.24) is 4.98 Å². The van der Waals surface area contributed by atoms with Crippen molar-refractivity contribution in [3.05, 3.63) is 23.9 Å². The Hall–Kier alpha value is -1.09. The van der Waals surface area contributed by atoms with E-state index >= 15 is 0 Å². The van der Waals surface area contributed by atoms with Gasteiger partial charge in [0.05, 0.1) is 5.54 Å². The van der Waals surface area contributed by atoms with Gasteiger partial charge in [0, 0.05) is 11.8 Å². The molecule has 2 N–H and O–H groups in total. The maximum Gasteiger partial charge on any atom is 0.216 e. The number of nitrogens with two attached hydrogens (primary N) is 1. The number of rotatable bonds is 3. The highest BCUT2D eigenvalue weighted by molar-refractivity contribution is 5.23. The third-order valence-corrected chi connectivity index (χ3v) is 3.31. The van der Waals surface area contributed by atoms with Crippen LogP contribution in [0.1, 0.15) is 37.7 Å². The Morgan fingerprint density at radius 3 is 2.81 bits per heavy atom. The lowest BCUT2D eigenvalue weighted by atomic mass is 9.83. The maximum atomic E-state index is 6.30. The quantitative estimate of drug-likeness (QED) is 0.851. The molecule has 0 bridgehead atoms. The number of aromatic nitrogens is 1. The average Bonchev–Trinajstić information content (AvgIpc) is 2.29. The van der Waals surface area contributed by atoms with Crippen LogP contribution in [0.4, 0.5) is 0 Å². The van der Waals surface area contributed by atoms with E-state index in [9.17, 15) is 0 Å². The van der Waals surface area contributed by atoms with Gasteiger partial charge in [-0.2, -0.15) is 0 Å². The van der Waals surface area contributed by atoms with Crippen LogP contribution in [-0.4, -0.2) is 17.1 Å². The van der Waals surface area contributed by atoms with Gasteiger partial charge in [-0.15, -0.1) is 0 Å². The Balaban J connectivity index is 1.94. The van der Waals surface area contributed by atoms with E-state index < -0.39 is 0 Å². The molecule has 0 aromatic carbocycles. The van der Waals surface area contributed by atoms with Crippen LogP contribution in [0, 0.1) is 6.92 Å². The van der Waals surface area contributed by atoms with E-state index in [-0.39, 0.29) is 5.54 Å². The molecule has 1 aromatic heterocycles. The van der Waals surface area contributed by atoms with Crippen LogP contribution in [0.2, 0.25) is 0 Å². The first-order valence-electron chi connectivity index (χ1n) is 6.03. The number of nitrogens with zero attached hydrogens (tertiary/aromatic N) is 1. The minimum atomic E-state index is -0.137. The molecule has 0 amide bonds. The van der Waals surface area contributed by atoms with Crippen molar-refractivity contribution in [3.63, 3.8) is 0 Å². The molecule has 16 heavy (non-hydrogen) atoms. The highest BCUT2D eigenvalue weighted by atomic mass is 16.5. The molecule has 3 heteroatoms. The van der Waals surface area contributed by atoms with Gasteiger partial charge in [0.25, 0.3) is 0 Å². The van der Waals surface area contributed by atoms with E-state index in [4.69, 9.17) is 10.5 Å². The van der Waals surface area contributed by atoms with Gasteiger partial charge in [0.15, 0.2) is 0 Å². The van der Waals surface area contributed by atoms with Crippen LogP contribution >= 0.6 is 0 Å². The summed E-state index contributed by atoms with van der Waals surface area (Å²) >= 11 is 0. The van der Waals surface area contributed by atoms with Crippen molar-refractivity contribution in [1.29, 1.82) is 0 Å². The topological polar surface area (TPSA) is 48.1 Å². The van der Waals surface area contributed by atoms with Gasteiger partial charge in [0.2, 0.25) is 5.88 Å². The summed E-state index contributed by atoms with van der Waals surface area (Å²) in [4.78, 5) is 4.22. The molecule has 0 atom stereocenters. The Labute approximate surface area is 97.0 Å². The van der Waals surface area contributed by atoms with Crippen LogP contribution < -0.4 is 10.5 Å². The normalized spacial score (nSPS) is 19.4. The third kappa shape index (κ3) is 2.73. The van der Waals surface area contributed by atoms with Gasteiger partial charge in [-0.25, -0.2) is 4.98 Å². The van der Waals surface area contributed by atoms with Crippen molar-refractivity contribution in [2.45, 2.75) is 44.6 Å². The number of hydrogen-bond donors (Lipinski definition) is 1. The average molecular weight is 220 g/mol. The van der Waals surface area contributed by atoms with Crippen LogP contribution in [0.15, 0.2) is 18.3 Å². The number of aryl methyl sites for hydroxylation is 1. The SMILES string of the molecule is Cc1cccnc1OCC1(N)CCCCC1. The predicted molar refractivity (Wildman–Crippen MR) is 64.5 cm³/mol. The van der Waals surface area contributed by atoms with Gasteiger partial charge in [0.1, 0.15) is 6.61 Å². The zero-order chi connectivity index (χ0) is 11.4. The number of pyridine rings is 1. The minimum absolute atomic E-state index is 0.137. The van der Waals surface area contributed by atoms with Crippen LogP contribution in [0.3, 0.4) is 0 Å². The van der Waals surface area contributed by atoms with Crippen molar-refractivity contribution in [2.24, 2.45) is 5.73 Å². The molecule has 1 aromatic rings. The fourth-order valence-electron chi connectivity index (χ4n) is 2.23. The van der Waals surface area contributed by atoms with Gasteiger partial charge in [-0.05, 0) is 25.8 Å². The molecule has 1 saturated carbocycles. The third-order valence-electron chi connectivity index (χ3n) is 3.31. The summed E-state index contributed by atoms with van der Waals surface area (Å²) in [6.07, 6.45) is 7.65. The number of hydrogen-bond acceptors (Lipinski definition) is 3. The Kier molecular flexibility index (Phi) is 3.44. The second kappa shape index (κ2) is 4.83. The summed E-state index contributed by atoms with van der Waals surface area (Å²) in [7, 11) is 0. The van der Waals surface area contributed by atoms with E-state index in [2.05, 4.69) is 4.98 Å². The van der Waals surface area contributed by atoms with E-state index in [0.717, 1.165) is 24.3 Å². The molecule has 0 aliphatic heterocycles. The molecule has 1 heterocycles. The van der Waals surface area contributed by atoms with E-state index in [1.807, 2.05) is 19.1 Å². The standard InChI is InChI=1S/C13H20N2O/c1-11-6-5-9-15-12(11)16-10-13(14)7-3-2-4-8-13/h5-6,9H,2-4,7-8,10,14H2,1H3. The van der Waals surface area contributed by atoms with Crippen LogP contribution in [-0.2, 0) is 0 Å². The van der Waals surface area contributed by atoms with E-state index in [1.165, 1.54) is 19.3 Å². The lowest BCUT2D eigenvalue weighted by Crippen LogP contribution is -2.47. The molecule has 0 spiro atoms. The Morgan fingerprint density at radius 1 is 1.38 bits per heavy atom. The van der Waals surface area contributed by atoms with E-state index in [0.29, 0.717) is 6.61 Å². The first-order valence-corrected chi connectivity index (χ1v) is 6.03. The maximum absolute atomic E-state index is 6.30. The summed E-state index contributed by atoms with van der Waals surface area (Å²) in [6, 6.07) is 3.92. The van der Waals surface area contributed by atoms with Crippen molar-refractivity contribution < 1.29 is 4.74 Å². The van der Waals surface area contributed by atoms with Gasteiger partial charge < -0.3 is 10.5 Å². The fraction of sp³-hybridized carbons (Fsp3) is 0.615. The Bertz CT molecular complexity index is 346. The predicted octanol–water partition coefficient (Wildman–Crippen LogP) is 2.43. The summed E-state index contributed by atoms with van der Waals surface area (Å²) in [5, 5.41) is 0. The van der Waals surface area contributed by atoms with E-state index in [1.54, 1.807) is 6.20 Å². The van der Waals surface area contributed by atoms with Crippen molar-refractivity contribution in [2.75, 3.05) is 6.61 Å². The Morgan fingerprint density at radius 2 is 2.12 bits per heavy atom. The molecule has 3 nitrogen and oxygen atoms in total. The highest BCUT2D eigenvalue weighted by Crippen LogP contribution is 2.26. The molecule has 0 radical (unpaired) electrons. The molecular formula is C13H20N2O. The molecule has 0 unspecified atom stereocenters. The molecule has 88 valence electrons. The smallest absolute Gasteiger partial charge is 0.216 e. The second-order valence-corrected chi connectivity index (χ2v) is 4.84. The first-order chi connectivity index (χ1) is 7.70. The molecule has 0 saturated heterocycles. The lowest BCUT2D eigenvalue weighted by Gasteiger charge is -2.32. The zero-order valence-corrected chi connectivity index (χ0v) is 9.91. The van der Waals surface area contributed by atoms with Crippen molar-refractivity contribution >= 4 is 0 Å². The summed E-state index contributed by atoms with van der Waals surface area (Å²) in [6.45, 7) is 2.59. The molecule has 1 aliphatic rings. The zero-order valence-electron chi connectivity index (χ0n) is 9.91. The number of ether oxygens (including phenoxy) is 1. The van der Waals surface area contributed by atoms with Gasteiger partial charge >= 0.3 is 0 Å². The monoisotopic (exact) mass is 220 g/mol. The molecule has 1 aliphatic carbocycles. The summed E-state index contributed by atoms with van der Waals surface area (Å²) < 4.78 is 5.74. The van der Waals surface area contributed by atoms with Crippen LogP contribution in [0.5, 0.6) is 5.88 Å².